The Balaban J connectivity index is 1.35. The number of carbonyl (C=O) groups excluding carboxylic acids is 2. The summed E-state index contributed by atoms with van der Waals surface area (Å²) in [6.45, 7) is 0. The molecule has 2 fully saturated rings. The Morgan fingerprint density at radius 1 is 0.962 bits per heavy atom. The van der Waals surface area contributed by atoms with Crippen molar-refractivity contribution in [3.63, 3.8) is 0 Å². The molecule has 0 aromatic carbocycles. The van der Waals surface area contributed by atoms with E-state index in [1.165, 1.54) is 38.5 Å². The lowest BCUT2D eigenvalue weighted by atomic mass is 9.91. The number of aryl methyl sites for hydroxylation is 1. The molecule has 0 radical (unpaired) electrons. The van der Waals surface area contributed by atoms with Gasteiger partial charge in [-0.05, 0) is 44.4 Å². The fraction of sp³-hybridized carbons (Fsp3) is 0.750. The van der Waals surface area contributed by atoms with Crippen LogP contribution in [0.5, 0.6) is 0 Å². The summed E-state index contributed by atoms with van der Waals surface area (Å²) >= 11 is 0. The van der Waals surface area contributed by atoms with Crippen molar-refractivity contribution in [3.05, 3.63) is 17.0 Å². The molecule has 0 bridgehead atoms. The molecule has 1 unspecified atom stereocenters. The summed E-state index contributed by atoms with van der Waals surface area (Å²) in [6.07, 6.45) is 12.2. The van der Waals surface area contributed by atoms with Crippen LogP contribution in [-0.2, 0) is 17.6 Å². The molecule has 1 atom stereocenters. The number of fused-ring (bicyclic) bond motifs is 1. The minimum atomic E-state index is -0.125. The molecular formula is C20H29N3O3. The first-order valence-corrected chi connectivity index (χ1v) is 10.3. The lowest BCUT2D eigenvalue weighted by molar-refractivity contribution is -0.122. The van der Waals surface area contributed by atoms with Gasteiger partial charge in [0.25, 0.3) is 5.91 Å². The second-order valence-electron chi connectivity index (χ2n) is 8.25. The van der Waals surface area contributed by atoms with Gasteiger partial charge in [0.2, 0.25) is 5.91 Å². The quantitative estimate of drug-likeness (QED) is 0.847. The van der Waals surface area contributed by atoms with E-state index in [0.717, 1.165) is 37.0 Å². The van der Waals surface area contributed by atoms with Crippen molar-refractivity contribution in [2.24, 2.45) is 5.92 Å². The molecule has 6 heteroatoms. The standard InChI is InChI=1S/C20H29N3O3/c24-18(11-13-5-1-2-6-13)21-15-9-10-17-16(12-15)19(23-26-17)20(25)22-14-7-3-4-8-14/h13-15H,1-12H2,(H,21,24)(H,22,25). The summed E-state index contributed by atoms with van der Waals surface area (Å²) < 4.78 is 5.41. The van der Waals surface area contributed by atoms with Crippen LogP contribution < -0.4 is 10.6 Å². The van der Waals surface area contributed by atoms with Crippen molar-refractivity contribution in [3.8, 4) is 0 Å². The van der Waals surface area contributed by atoms with Crippen LogP contribution in [0.2, 0.25) is 0 Å². The van der Waals surface area contributed by atoms with Gasteiger partial charge in [-0.25, -0.2) is 0 Å². The summed E-state index contributed by atoms with van der Waals surface area (Å²) in [5.74, 6) is 1.39. The molecule has 1 heterocycles. The maximum atomic E-state index is 12.6. The van der Waals surface area contributed by atoms with Crippen molar-refractivity contribution >= 4 is 11.8 Å². The van der Waals surface area contributed by atoms with Gasteiger partial charge < -0.3 is 15.2 Å². The minimum absolute atomic E-state index is 0.0776. The number of rotatable bonds is 5. The zero-order chi connectivity index (χ0) is 17.9. The smallest absolute Gasteiger partial charge is 0.273 e. The molecule has 3 aliphatic rings. The van der Waals surface area contributed by atoms with Gasteiger partial charge in [-0.15, -0.1) is 0 Å². The third-order valence-corrected chi connectivity index (χ3v) is 6.26. The van der Waals surface area contributed by atoms with Gasteiger partial charge in [-0.2, -0.15) is 0 Å². The highest BCUT2D eigenvalue weighted by Crippen LogP contribution is 2.28. The third-order valence-electron chi connectivity index (χ3n) is 6.26. The Hall–Kier alpha value is -1.85. The van der Waals surface area contributed by atoms with Crippen molar-refractivity contribution in [2.45, 2.75) is 89.1 Å². The Morgan fingerprint density at radius 2 is 1.69 bits per heavy atom. The molecule has 4 rings (SSSR count). The van der Waals surface area contributed by atoms with Crippen LogP contribution in [0.1, 0.15) is 86.0 Å². The van der Waals surface area contributed by atoms with E-state index in [2.05, 4.69) is 15.8 Å². The van der Waals surface area contributed by atoms with Crippen LogP contribution in [-0.4, -0.2) is 29.1 Å². The zero-order valence-corrected chi connectivity index (χ0v) is 15.4. The predicted molar refractivity (Wildman–Crippen MR) is 96.8 cm³/mol. The molecule has 3 aliphatic carbocycles. The molecule has 6 nitrogen and oxygen atoms in total. The summed E-state index contributed by atoms with van der Waals surface area (Å²) in [7, 11) is 0. The fourth-order valence-electron chi connectivity index (χ4n) is 4.79. The van der Waals surface area contributed by atoms with E-state index < -0.39 is 0 Å². The number of nitrogens with one attached hydrogen (secondary N) is 2. The Bertz CT molecular complexity index is 657. The molecule has 0 aliphatic heterocycles. The molecule has 1 aromatic heterocycles. The van der Waals surface area contributed by atoms with Crippen LogP contribution in [0.15, 0.2) is 4.52 Å². The van der Waals surface area contributed by atoms with Crippen molar-refractivity contribution < 1.29 is 14.1 Å². The van der Waals surface area contributed by atoms with Crippen molar-refractivity contribution in [1.29, 1.82) is 0 Å². The normalized spacial score (nSPS) is 23.8. The molecule has 0 saturated heterocycles. The maximum Gasteiger partial charge on any atom is 0.273 e. The van der Waals surface area contributed by atoms with Crippen LogP contribution in [0.25, 0.3) is 0 Å². The first-order valence-electron chi connectivity index (χ1n) is 10.3. The second kappa shape index (κ2) is 7.80. The highest BCUT2D eigenvalue weighted by Gasteiger charge is 2.31. The van der Waals surface area contributed by atoms with E-state index in [-0.39, 0.29) is 23.9 Å². The van der Waals surface area contributed by atoms with Gasteiger partial charge in [-0.1, -0.05) is 30.8 Å². The topological polar surface area (TPSA) is 84.2 Å². The van der Waals surface area contributed by atoms with Crippen LogP contribution >= 0.6 is 0 Å². The predicted octanol–water partition coefficient (Wildman–Crippen LogP) is 2.90. The SMILES string of the molecule is O=C(CC1CCCC1)NC1CCc2onc(C(=O)NC3CCCC3)c2C1. The fourth-order valence-corrected chi connectivity index (χ4v) is 4.79. The Labute approximate surface area is 154 Å². The lowest BCUT2D eigenvalue weighted by Crippen LogP contribution is -2.40. The van der Waals surface area contributed by atoms with Crippen molar-refractivity contribution in [2.75, 3.05) is 0 Å². The summed E-state index contributed by atoms with van der Waals surface area (Å²) in [5.41, 5.74) is 1.31. The van der Waals surface area contributed by atoms with E-state index in [9.17, 15) is 9.59 Å². The van der Waals surface area contributed by atoms with Crippen LogP contribution in [0.4, 0.5) is 0 Å². The first-order chi connectivity index (χ1) is 12.7. The molecule has 2 amide bonds. The maximum absolute atomic E-state index is 12.6. The van der Waals surface area contributed by atoms with Gasteiger partial charge in [-0.3, -0.25) is 9.59 Å². The monoisotopic (exact) mass is 359 g/mol. The highest BCUT2D eigenvalue weighted by molar-refractivity contribution is 5.94. The molecule has 0 spiro atoms. The second-order valence-corrected chi connectivity index (χ2v) is 8.25. The number of aromatic nitrogens is 1. The minimum Gasteiger partial charge on any atom is -0.360 e. The van der Waals surface area contributed by atoms with E-state index in [1.807, 2.05) is 0 Å². The highest BCUT2D eigenvalue weighted by atomic mass is 16.5. The number of amides is 2. The Kier molecular flexibility index (Phi) is 5.27. The lowest BCUT2D eigenvalue weighted by Gasteiger charge is -2.23. The zero-order valence-electron chi connectivity index (χ0n) is 15.4. The van der Waals surface area contributed by atoms with Crippen molar-refractivity contribution in [1.82, 2.24) is 15.8 Å². The molecule has 1 aromatic rings. The van der Waals surface area contributed by atoms with Gasteiger partial charge in [0, 0.05) is 30.5 Å². The number of hydrogen-bond donors (Lipinski definition) is 2. The molecule has 2 saturated carbocycles. The summed E-state index contributed by atoms with van der Waals surface area (Å²) in [5, 5.41) is 10.3. The number of hydrogen-bond acceptors (Lipinski definition) is 4. The average Bonchev–Trinajstić information content (AvgIpc) is 3.35. The van der Waals surface area contributed by atoms with E-state index in [4.69, 9.17) is 4.52 Å². The Morgan fingerprint density at radius 3 is 2.46 bits per heavy atom. The number of carbonyl (C=O) groups is 2. The van der Waals surface area contributed by atoms with Gasteiger partial charge in [0.05, 0.1) is 0 Å². The molecule has 142 valence electrons. The van der Waals surface area contributed by atoms with E-state index in [1.54, 1.807) is 0 Å². The van der Waals surface area contributed by atoms with Crippen LogP contribution in [0, 0.1) is 5.92 Å². The van der Waals surface area contributed by atoms with Crippen LogP contribution in [0.3, 0.4) is 0 Å². The van der Waals surface area contributed by atoms with E-state index >= 15 is 0 Å². The largest absolute Gasteiger partial charge is 0.360 e. The molecule has 2 N–H and O–H groups in total. The molecular weight excluding hydrogens is 330 g/mol. The van der Waals surface area contributed by atoms with Gasteiger partial charge >= 0.3 is 0 Å². The summed E-state index contributed by atoms with van der Waals surface area (Å²) in [6, 6.07) is 0.342. The average molecular weight is 359 g/mol. The first kappa shape index (κ1) is 17.6. The third kappa shape index (κ3) is 3.94. The summed E-state index contributed by atoms with van der Waals surface area (Å²) in [4.78, 5) is 24.9. The van der Waals surface area contributed by atoms with Gasteiger partial charge in [0.1, 0.15) is 5.76 Å². The van der Waals surface area contributed by atoms with Gasteiger partial charge in [0.15, 0.2) is 5.69 Å². The number of nitrogens with zero attached hydrogens (tertiary/aromatic N) is 1. The van der Waals surface area contributed by atoms with E-state index in [0.29, 0.717) is 24.5 Å². The molecule has 26 heavy (non-hydrogen) atoms.